The minimum absolute atomic E-state index is 0.00540. The second kappa shape index (κ2) is 8.26. The molecule has 1 aliphatic carbocycles. The number of hydrogen-bond donors (Lipinski definition) is 3. The Bertz CT molecular complexity index is 1180. The van der Waals surface area contributed by atoms with Crippen molar-refractivity contribution >= 4 is 52.4 Å². The minimum atomic E-state index is 0.00540. The zero-order chi connectivity index (χ0) is 22.5. The second-order valence-electron chi connectivity index (χ2n) is 8.38. The van der Waals surface area contributed by atoms with Crippen LogP contribution in [-0.2, 0) is 6.42 Å². The first-order valence-corrected chi connectivity index (χ1v) is 11.9. The lowest BCUT2D eigenvalue weighted by atomic mass is 9.73. The number of aromatic nitrogens is 3. The number of rotatable bonds is 3. The quantitative estimate of drug-likeness (QED) is 0.498. The van der Waals surface area contributed by atoms with Crippen LogP contribution in [0.25, 0.3) is 0 Å². The van der Waals surface area contributed by atoms with Gasteiger partial charge in [0.1, 0.15) is 16.7 Å². The van der Waals surface area contributed by atoms with Crippen LogP contribution in [0.3, 0.4) is 0 Å². The van der Waals surface area contributed by atoms with E-state index in [0.29, 0.717) is 15.9 Å². The Morgan fingerprint density at radius 3 is 2.59 bits per heavy atom. The van der Waals surface area contributed by atoms with Gasteiger partial charge in [-0.25, -0.2) is 15.0 Å². The molecule has 7 nitrogen and oxygen atoms in total. The lowest BCUT2D eigenvalue weighted by Gasteiger charge is -2.42. The van der Waals surface area contributed by atoms with Crippen LogP contribution in [0.5, 0.6) is 0 Å². The van der Waals surface area contributed by atoms with Crippen LogP contribution in [0, 0.1) is 5.41 Å². The van der Waals surface area contributed by atoms with Gasteiger partial charge in [-0.3, -0.25) is 0 Å². The van der Waals surface area contributed by atoms with Gasteiger partial charge in [-0.15, -0.1) is 0 Å². The van der Waals surface area contributed by atoms with Crippen molar-refractivity contribution in [2.45, 2.75) is 35.2 Å². The number of benzene rings is 1. The van der Waals surface area contributed by atoms with Crippen molar-refractivity contribution < 1.29 is 0 Å². The third-order valence-corrected chi connectivity index (χ3v) is 8.38. The summed E-state index contributed by atoms with van der Waals surface area (Å²) in [5.41, 5.74) is 21.3. The summed E-state index contributed by atoms with van der Waals surface area (Å²) >= 11 is 13.8. The molecule has 5 rings (SSSR count). The molecule has 2 aromatic heterocycles. The Hall–Kier alpha value is -2.26. The molecular formula is C22H23Cl2N7S. The van der Waals surface area contributed by atoms with Crippen molar-refractivity contribution in [2.75, 3.05) is 29.5 Å². The molecule has 1 saturated heterocycles. The van der Waals surface area contributed by atoms with E-state index in [1.165, 1.54) is 22.9 Å². The van der Waals surface area contributed by atoms with Gasteiger partial charge < -0.3 is 22.1 Å². The molecule has 0 saturated carbocycles. The summed E-state index contributed by atoms with van der Waals surface area (Å²) in [6.45, 7) is 1.70. The molecule has 1 atom stereocenters. The molecule has 10 heteroatoms. The number of nitrogens with zero attached hydrogens (tertiary/aromatic N) is 4. The highest BCUT2D eigenvalue weighted by Gasteiger charge is 2.46. The number of hydrogen-bond acceptors (Lipinski definition) is 8. The van der Waals surface area contributed by atoms with Crippen molar-refractivity contribution in [1.82, 2.24) is 15.0 Å². The van der Waals surface area contributed by atoms with E-state index in [1.807, 2.05) is 12.1 Å². The maximum atomic E-state index is 6.70. The van der Waals surface area contributed by atoms with Gasteiger partial charge in [-0.1, -0.05) is 41.0 Å². The van der Waals surface area contributed by atoms with E-state index in [0.717, 1.165) is 48.1 Å². The molecule has 1 aliphatic heterocycles. The highest BCUT2D eigenvalue weighted by Crippen LogP contribution is 2.51. The lowest BCUT2D eigenvalue weighted by Crippen LogP contribution is -2.44. The van der Waals surface area contributed by atoms with E-state index in [2.05, 4.69) is 25.9 Å². The molecule has 166 valence electrons. The fraction of sp³-hybridized carbons (Fsp3) is 0.318. The van der Waals surface area contributed by atoms with Gasteiger partial charge in [0.25, 0.3) is 0 Å². The molecule has 2 aliphatic rings. The first kappa shape index (κ1) is 21.6. The molecule has 1 spiro atoms. The summed E-state index contributed by atoms with van der Waals surface area (Å²) in [7, 11) is 0. The fourth-order valence-electron chi connectivity index (χ4n) is 4.74. The molecule has 0 radical (unpaired) electrons. The summed E-state index contributed by atoms with van der Waals surface area (Å²) in [5, 5.41) is 1.72. The van der Waals surface area contributed by atoms with Gasteiger partial charge in [0.05, 0.1) is 11.2 Å². The van der Waals surface area contributed by atoms with Gasteiger partial charge in [0, 0.05) is 35.2 Å². The molecule has 6 N–H and O–H groups in total. The Kier molecular flexibility index (Phi) is 5.57. The Balaban J connectivity index is 1.29. The van der Waals surface area contributed by atoms with Gasteiger partial charge in [-0.2, -0.15) is 0 Å². The molecule has 0 bridgehead atoms. The first-order chi connectivity index (χ1) is 15.4. The molecule has 3 aromatic rings. The monoisotopic (exact) mass is 487 g/mol. The van der Waals surface area contributed by atoms with Crippen molar-refractivity contribution in [3.63, 3.8) is 0 Å². The molecule has 32 heavy (non-hydrogen) atoms. The van der Waals surface area contributed by atoms with Crippen LogP contribution >= 0.6 is 35.0 Å². The topological polar surface area (TPSA) is 120 Å². The van der Waals surface area contributed by atoms with Gasteiger partial charge in [0.15, 0.2) is 5.82 Å². The molecule has 1 fully saturated rings. The van der Waals surface area contributed by atoms with Crippen LogP contribution in [0.2, 0.25) is 10.0 Å². The summed E-state index contributed by atoms with van der Waals surface area (Å²) in [6.07, 6.45) is 6.31. The van der Waals surface area contributed by atoms with Crippen LogP contribution in [0.4, 0.5) is 17.5 Å². The highest BCUT2D eigenvalue weighted by atomic mass is 35.5. The van der Waals surface area contributed by atoms with Crippen molar-refractivity contribution in [3.8, 4) is 0 Å². The van der Waals surface area contributed by atoms with Crippen molar-refractivity contribution in [3.05, 3.63) is 57.8 Å². The minimum Gasteiger partial charge on any atom is -0.382 e. The molecular weight excluding hydrogens is 465 g/mol. The Morgan fingerprint density at radius 1 is 1.06 bits per heavy atom. The normalized spacial score (nSPS) is 19.3. The number of nitrogen functional groups attached to an aromatic ring is 2. The summed E-state index contributed by atoms with van der Waals surface area (Å²) in [5.74, 6) is 1.41. The van der Waals surface area contributed by atoms with E-state index >= 15 is 0 Å². The maximum Gasteiger partial charge on any atom is 0.158 e. The van der Waals surface area contributed by atoms with Crippen molar-refractivity contribution in [2.24, 2.45) is 11.1 Å². The van der Waals surface area contributed by atoms with E-state index in [-0.39, 0.29) is 17.3 Å². The molecule has 3 heterocycles. The highest BCUT2D eigenvalue weighted by molar-refractivity contribution is 7.99. The average Bonchev–Trinajstić information content (AvgIpc) is 3.04. The standard InChI is InChI=1S/C22H23Cl2N7S/c23-13-2-1-12-10-22(18(25)14(12)9-13)4-7-31(8-5-22)16-11-29-21(20(27)30-16)32-15-3-6-28-19(26)17(15)24/h1-3,6,9,11,18H,4-5,7-8,10,25H2,(H2,26,28)(H2,27,30). The lowest BCUT2D eigenvalue weighted by molar-refractivity contribution is 0.187. The zero-order valence-corrected chi connectivity index (χ0v) is 19.6. The summed E-state index contributed by atoms with van der Waals surface area (Å²) < 4.78 is 0. The van der Waals surface area contributed by atoms with E-state index in [9.17, 15) is 0 Å². The maximum absolute atomic E-state index is 6.70. The van der Waals surface area contributed by atoms with Crippen LogP contribution in [-0.4, -0.2) is 28.0 Å². The van der Waals surface area contributed by atoms with Crippen LogP contribution < -0.4 is 22.1 Å². The number of nitrogens with two attached hydrogens (primary N) is 3. The van der Waals surface area contributed by atoms with E-state index < -0.39 is 0 Å². The van der Waals surface area contributed by atoms with Crippen LogP contribution in [0.15, 0.2) is 46.6 Å². The molecule has 1 aromatic carbocycles. The predicted molar refractivity (Wildman–Crippen MR) is 130 cm³/mol. The summed E-state index contributed by atoms with van der Waals surface area (Å²) in [6, 6.07) is 7.87. The third kappa shape index (κ3) is 3.75. The smallest absolute Gasteiger partial charge is 0.158 e. The third-order valence-electron chi connectivity index (χ3n) is 6.57. The Morgan fingerprint density at radius 2 is 1.84 bits per heavy atom. The SMILES string of the molecule is Nc1nc(N2CCC3(CC2)Cc2ccc(Cl)cc2C3N)cnc1Sc1ccnc(N)c1Cl. The van der Waals surface area contributed by atoms with Gasteiger partial charge in [-0.05, 0) is 54.0 Å². The van der Waals surface area contributed by atoms with Gasteiger partial charge >= 0.3 is 0 Å². The van der Waals surface area contributed by atoms with Crippen LogP contribution in [0.1, 0.15) is 30.0 Å². The van der Waals surface area contributed by atoms with E-state index in [1.54, 1.807) is 18.5 Å². The predicted octanol–water partition coefficient (Wildman–Crippen LogP) is 4.34. The number of anilines is 3. The number of halogens is 2. The average molecular weight is 488 g/mol. The van der Waals surface area contributed by atoms with E-state index in [4.69, 9.17) is 40.4 Å². The largest absolute Gasteiger partial charge is 0.382 e. The Labute approximate surface area is 200 Å². The summed E-state index contributed by atoms with van der Waals surface area (Å²) in [4.78, 5) is 16.1. The fourth-order valence-corrected chi connectivity index (χ4v) is 5.94. The zero-order valence-electron chi connectivity index (χ0n) is 17.3. The number of fused-ring (bicyclic) bond motifs is 1. The molecule has 0 amide bonds. The first-order valence-electron chi connectivity index (χ1n) is 10.4. The molecule has 1 unspecified atom stereocenters. The van der Waals surface area contributed by atoms with Crippen molar-refractivity contribution in [1.29, 1.82) is 0 Å². The number of piperidine rings is 1. The number of pyridine rings is 1. The van der Waals surface area contributed by atoms with Gasteiger partial charge in [0.2, 0.25) is 0 Å². The second-order valence-corrected chi connectivity index (χ2v) is 10.2.